The molecule has 1 unspecified atom stereocenters. The van der Waals surface area contributed by atoms with Crippen LogP contribution in [0.25, 0.3) is 0 Å². The molecule has 6 heteroatoms. The summed E-state index contributed by atoms with van der Waals surface area (Å²) in [5.74, 6) is 1.09. The quantitative estimate of drug-likeness (QED) is 0.620. The van der Waals surface area contributed by atoms with Crippen LogP contribution in [-0.4, -0.2) is 28.2 Å². The van der Waals surface area contributed by atoms with Crippen molar-refractivity contribution >= 4 is 34.9 Å². The summed E-state index contributed by atoms with van der Waals surface area (Å²) in [5, 5.41) is 8.12. The SMILES string of the molecule is CSc1nnc(SCCCC(C)N)s1. The largest absolute Gasteiger partial charge is 0.328 e. The zero-order chi connectivity index (χ0) is 10.4. The van der Waals surface area contributed by atoms with Crippen molar-refractivity contribution < 1.29 is 0 Å². The van der Waals surface area contributed by atoms with Gasteiger partial charge in [-0.15, -0.1) is 10.2 Å². The molecule has 0 saturated carbocycles. The lowest BCUT2D eigenvalue weighted by atomic mass is 10.2. The first-order valence-electron chi connectivity index (χ1n) is 4.48. The van der Waals surface area contributed by atoms with Gasteiger partial charge in [0.15, 0.2) is 8.68 Å². The second kappa shape index (κ2) is 6.66. The van der Waals surface area contributed by atoms with Gasteiger partial charge < -0.3 is 5.73 Å². The summed E-state index contributed by atoms with van der Waals surface area (Å²) >= 11 is 5.08. The molecule has 1 aromatic heterocycles. The van der Waals surface area contributed by atoms with Crippen molar-refractivity contribution in [2.24, 2.45) is 5.73 Å². The molecule has 3 nitrogen and oxygen atoms in total. The fourth-order valence-electron chi connectivity index (χ4n) is 0.903. The average molecular weight is 249 g/mol. The molecular formula is C8H15N3S3. The van der Waals surface area contributed by atoms with Crippen molar-refractivity contribution in [3.8, 4) is 0 Å². The van der Waals surface area contributed by atoms with Gasteiger partial charge in [-0.2, -0.15) is 0 Å². The molecule has 0 fully saturated rings. The fourth-order valence-corrected chi connectivity index (χ4v) is 3.37. The highest BCUT2D eigenvalue weighted by Gasteiger charge is 2.03. The predicted octanol–water partition coefficient (Wildman–Crippen LogP) is 2.48. The Hall–Kier alpha value is 0.220. The maximum absolute atomic E-state index is 5.66. The Morgan fingerprint density at radius 3 is 2.71 bits per heavy atom. The zero-order valence-electron chi connectivity index (χ0n) is 8.40. The van der Waals surface area contributed by atoms with Crippen LogP contribution in [0.1, 0.15) is 19.8 Å². The molecule has 0 aromatic carbocycles. The standard InChI is InChI=1S/C8H15N3S3/c1-6(9)4-3-5-13-8-11-10-7(12-2)14-8/h6H,3-5,9H2,1-2H3. The third kappa shape index (κ3) is 4.63. The zero-order valence-corrected chi connectivity index (χ0v) is 10.8. The lowest BCUT2D eigenvalue weighted by Crippen LogP contribution is -2.14. The third-order valence-electron chi connectivity index (χ3n) is 1.59. The van der Waals surface area contributed by atoms with Gasteiger partial charge in [0.2, 0.25) is 0 Å². The van der Waals surface area contributed by atoms with Crippen LogP contribution in [-0.2, 0) is 0 Å². The number of hydrogen-bond donors (Lipinski definition) is 1. The van der Waals surface area contributed by atoms with E-state index in [4.69, 9.17) is 5.73 Å². The molecule has 80 valence electrons. The molecule has 0 aliphatic rings. The minimum absolute atomic E-state index is 0.312. The van der Waals surface area contributed by atoms with Crippen LogP contribution in [0, 0.1) is 0 Å². The van der Waals surface area contributed by atoms with E-state index in [1.807, 2.05) is 13.2 Å². The number of aromatic nitrogens is 2. The summed E-state index contributed by atoms with van der Waals surface area (Å²) in [6, 6.07) is 0.312. The highest BCUT2D eigenvalue weighted by atomic mass is 32.2. The summed E-state index contributed by atoms with van der Waals surface area (Å²) in [5.41, 5.74) is 5.66. The predicted molar refractivity (Wildman–Crippen MR) is 65.3 cm³/mol. The number of rotatable bonds is 6. The van der Waals surface area contributed by atoms with E-state index in [9.17, 15) is 0 Å². The van der Waals surface area contributed by atoms with Gasteiger partial charge in [-0.05, 0) is 26.0 Å². The number of nitrogens with two attached hydrogens (primary N) is 1. The van der Waals surface area contributed by atoms with E-state index in [0.29, 0.717) is 6.04 Å². The Labute approximate surface area is 97.3 Å². The van der Waals surface area contributed by atoms with Crippen LogP contribution in [0.4, 0.5) is 0 Å². The van der Waals surface area contributed by atoms with Crippen LogP contribution in [0.2, 0.25) is 0 Å². The van der Waals surface area contributed by atoms with Gasteiger partial charge in [0.05, 0.1) is 0 Å². The molecule has 0 aliphatic carbocycles. The number of nitrogens with zero attached hydrogens (tertiary/aromatic N) is 2. The van der Waals surface area contributed by atoms with Gasteiger partial charge in [0.25, 0.3) is 0 Å². The molecule has 14 heavy (non-hydrogen) atoms. The van der Waals surface area contributed by atoms with Crippen molar-refractivity contribution in [3.63, 3.8) is 0 Å². The van der Waals surface area contributed by atoms with Crippen LogP contribution < -0.4 is 5.73 Å². The summed E-state index contributed by atoms with van der Waals surface area (Å²) < 4.78 is 2.11. The van der Waals surface area contributed by atoms with E-state index >= 15 is 0 Å². The van der Waals surface area contributed by atoms with E-state index in [0.717, 1.165) is 27.3 Å². The van der Waals surface area contributed by atoms with Crippen LogP contribution in [0.15, 0.2) is 8.68 Å². The Kier molecular flexibility index (Phi) is 5.84. The van der Waals surface area contributed by atoms with Gasteiger partial charge in [-0.1, -0.05) is 34.9 Å². The minimum Gasteiger partial charge on any atom is -0.328 e. The molecule has 1 atom stereocenters. The minimum atomic E-state index is 0.312. The molecule has 0 bridgehead atoms. The van der Waals surface area contributed by atoms with Gasteiger partial charge in [-0.3, -0.25) is 0 Å². The lowest BCUT2D eigenvalue weighted by molar-refractivity contribution is 0.656. The Balaban J connectivity index is 2.18. The second-order valence-corrected chi connectivity index (χ2v) is 6.38. The molecule has 1 heterocycles. The third-order valence-corrected chi connectivity index (χ3v) is 4.71. The molecule has 0 radical (unpaired) electrons. The van der Waals surface area contributed by atoms with Gasteiger partial charge in [-0.25, -0.2) is 0 Å². The number of hydrogen-bond acceptors (Lipinski definition) is 6. The molecule has 1 rings (SSSR count). The first-order valence-corrected chi connectivity index (χ1v) is 7.51. The van der Waals surface area contributed by atoms with Crippen LogP contribution >= 0.6 is 34.9 Å². The summed E-state index contributed by atoms with van der Waals surface area (Å²) in [7, 11) is 0. The van der Waals surface area contributed by atoms with Crippen molar-refractivity contribution in [2.75, 3.05) is 12.0 Å². The Morgan fingerprint density at radius 2 is 2.14 bits per heavy atom. The van der Waals surface area contributed by atoms with E-state index in [1.54, 1.807) is 34.9 Å². The van der Waals surface area contributed by atoms with E-state index in [-0.39, 0.29) is 0 Å². The normalized spacial score (nSPS) is 13.1. The van der Waals surface area contributed by atoms with Crippen LogP contribution in [0.3, 0.4) is 0 Å². The second-order valence-electron chi connectivity index (χ2n) is 3.01. The van der Waals surface area contributed by atoms with E-state index < -0.39 is 0 Å². The average Bonchev–Trinajstić information content (AvgIpc) is 2.60. The summed E-state index contributed by atoms with van der Waals surface area (Å²) in [4.78, 5) is 0. The first-order chi connectivity index (χ1) is 6.72. The van der Waals surface area contributed by atoms with Crippen molar-refractivity contribution in [2.45, 2.75) is 34.5 Å². The summed E-state index contributed by atoms with van der Waals surface area (Å²) in [6.07, 6.45) is 4.25. The highest BCUT2D eigenvalue weighted by molar-refractivity contribution is 8.02. The lowest BCUT2D eigenvalue weighted by Gasteiger charge is -2.02. The van der Waals surface area contributed by atoms with Crippen molar-refractivity contribution in [1.29, 1.82) is 0 Å². The maximum atomic E-state index is 5.66. The van der Waals surface area contributed by atoms with Crippen LogP contribution in [0.5, 0.6) is 0 Å². The molecule has 0 spiro atoms. The topological polar surface area (TPSA) is 51.8 Å². The van der Waals surface area contributed by atoms with E-state index in [1.165, 1.54) is 0 Å². The Bertz CT molecular complexity index is 262. The first kappa shape index (κ1) is 12.3. The van der Waals surface area contributed by atoms with Crippen molar-refractivity contribution in [3.05, 3.63) is 0 Å². The Morgan fingerprint density at radius 1 is 1.43 bits per heavy atom. The van der Waals surface area contributed by atoms with Crippen molar-refractivity contribution in [1.82, 2.24) is 10.2 Å². The van der Waals surface area contributed by atoms with E-state index in [2.05, 4.69) is 10.2 Å². The number of thioether (sulfide) groups is 2. The molecular weight excluding hydrogens is 234 g/mol. The van der Waals surface area contributed by atoms with Gasteiger partial charge >= 0.3 is 0 Å². The fraction of sp³-hybridized carbons (Fsp3) is 0.750. The summed E-state index contributed by atoms with van der Waals surface area (Å²) in [6.45, 7) is 2.04. The highest BCUT2D eigenvalue weighted by Crippen LogP contribution is 2.27. The molecule has 0 saturated heterocycles. The monoisotopic (exact) mass is 249 g/mol. The molecule has 1 aromatic rings. The van der Waals surface area contributed by atoms with Gasteiger partial charge in [0, 0.05) is 11.8 Å². The molecule has 0 aliphatic heterocycles. The van der Waals surface area contributed by atoms with Gasteiger partial charge in [0.1, 0.15) is 0 Å². The smallest absolute Gasteiger partial charge is 0.175 e. The maximum Gasteiger partial charge on any atom is 0.175 e. The molecule has 0 amide bonds. The molecule has 2 N–H and O–H groups in total.